The number of carbonyl (C=O) groups excluding carboxylic acids is 2. The Balaban J connectivity index is 0.00000235. The van der Waals surface area contributed by atoms with Crippen molar-refractivity contribution in [3.8, 4) is 5.75 Å². The van der Waals surface area contributed by atoms with E-state index in [1.165, 1.54) is 12.1 Å². The lowest BCUT2D eigenvalue weighted by Gasteiger charge is -2.29. The van der Waals surface area contributed by atoms with Gasteiger partial charge in [0.05, 0.1) is 0 Å². The number of halogens is 4. The third-order valence-corrected chi connectivity index (χ3v) is 5.90. The van der Waals surface area contributed by atoms with Crippen molar-refractivity contribution in [3.05, 3.63) is 94.1 Å². The van der Waals surface area contributed by atoms with E-state index in [0.717, 1.165) is 11.6 Å². The molecule has 2 N–H and O–H groups in total. The molecule has 1 atom stereocenters. The fourth-order valence-corrected chi connectivity index (χ4v) is 3.66. The van der Waals surface area contributed by atoms with Crippen molar-refractivity contribution in [2.75, 3.05) is 26.0 Å². The number of anilines is 1. The van der Waals surface area contributed by atoms with Crippen LogP contribution in [0.15, 0.2) is 48.5 Å². The number of amides is 1. The zero-order chi connectivity index (χ0) is 27.9. The van der Waals surface area contributed by atoms with E-state index in [0.29, 0.717) is 23.4 Å². The maximum Gasteiger partial charge on any atom is 0.251 e. The van der Waals surface area contributed by atoms with Gasteiger partial charge in [0, 0.05) is 66.8 Å². The lowest BCUT2D eigenvalue weighted by molar-refractivity contribution is -0.0980. The average Bonchev–Trinajstić information content (AvgIpc) is 2.85. The Morgan fingerprint density at radius 1 is 0.946 bits per heavy atom. The van der Waals surface area contributed by atoms with Crippen LogP contribution >= 0.6 is 0 Å². The van der Waals surface area contributed by atoms with Crippen LogP contribution in [0.3, 0.4) is 0 Å². The Hall–Kier alpha value is -3.92. The van der Waals surface area contributed by atoms with Crippen LogP contribution in [0.25, 0.3) is 0 Å². The third-order valence-electron chi connectivity index (χ3n) is 5.90. The molecule has 0 saturated carbocycles. The quantitative estimate of drug-likeness (QED) is 0.412. The van der Waals surface area contributed by atoms with Gasteiger partial charge in [0.15, 0.2) is 0 Å². The summed E-state index contributed by atoms with van der Waals surface area (Å²) in [5, 5.41) is 11.9. The number of phenols is 1. The average molecular weight is 520 g/mol. The largest absolute Gasteiger partial charge is 0.508 e. The highest BCUT2D eigenvalue weighted by molar-refractivity contribution is 5.95. The number of hydrogen-bond acceptors (Lipinski definition) is 5. The van der Waals surface area contributed by atoms with E-state index < -0.39 is 41.3 Å². The predicted molar refractivity (Wildman–Crippen MR) is 133 cm³/mol. The lowest BCUT2D eigenvalue weighted by Crippen LogP contribution is -2.26. The van der Waals surface area contributed by atoms with Crippen molar-refractivity contribution in [3.63, 3.8) is 0 Å². The van der Waals surface area contributed by atoms with E-state index >= 15 is 0 Å². The monoisotopic (exact) mass is 519 g/mol. The first kappa shape index (κ1) is 29.3. The smallest absolute Gasteiger partial charge is 0.251 e. The van der Waals surface area contributed by atoms with E-state index in [1.807, 2.05) is 32.7 Å². The van der Waals surface area contributed by atoms with Gasteiger partial charge in [-0.25, -0.2) is 17.6 Å². The molecule has 3 rings (SSSR count). The number of nitrogens with zero attached hydrogens (tertiary/aromatic N) is 2. The minimum atomic E-state index is -1.09. The highest BCUT2D eigenvalue weighted by atomic mass is 19.1. The minimum Gasteiger partial charge on any atom is -0.508 e. The zero-order valence-electron chi connectivity index (χ0n) is 21.0. The summed E-state index contributed by atoms with van der Waals surface area (Å²) < 4.78 is 55.3. The molecule has 0 heterocycles. The lowest BCUT2D eigenvalue weighted by atomic mass is 10.0. The summed E-state index contributed by atoms with van der Waals surface area (Å²) in [6.45, 7) is 3.68. The number of nitrogens with one attached hydrogen (secondary N) is 1. The second-order valence-corrected chi connectivity index (χ2v) is 8.58. The van der Waals surface area contributed by atoms with Gasteiger partial charge in [-0.1, -0.05) is 12.1 Å². The van der Waals surface area contributed by atoms with Gasteiger partial charge < -0.3 is 25.0 Å². The molecule has 0 aliphatic rings. The Kier molecular flexibility index (Phi) is 10.2. The first-order valence-corrected chi connectivity index (χ1v) is 11.2. The van der Waals surface area contributed by atoms with Gasteiger partial charge in [-0.2, -0.15) is 0 Å². The van der Waals surface area contributed by atoms with Gasteiger partial charge >= 0.3 is 0 Å². The van der Waals surface area contributed by atoms with Crippen LogP contribution in [0.4, 0.5) is 23.2 Å². The Labute approximate surface area is 213 Å². The molecule has 1 unspecified atom stereocenters. The van der Waals surface area contributed by atoms with Gasteiger partial charge in [-0.15, -0.1) is 0 Å². The van der Waals surface area contributed by atoms with E-state index in [2.05, 4.69) is 5.32 Å². The molecule has 0 aliphatic carbocycles. The van der Waals surface area contributed by atoms with Crippen LogP contribution in [0.5, 0.6) is 5.75 Å². The van der Waals surface area contributed by atoms with Crippen molar-refractivity contribution >= 4 is 18.4 Å². The molecule has 0 fully saturated rings. The van der Waals surface area contributed by atoms with Crippen molar-refractivity contribution in [2.45, 2.75) is 26.1 Å². The molecule has 0 aliphatic heterocycles. The van der Waals surface area contributed by atoms with Crippen LogP contribution < -0.4 is 10.2 Å². The molecule has 0 aromatic heterocycles. The normalized spacial score (nSPS) is 11.5. The molecule has 0 bridgehead atoms. The molecule has 10 heteroatoms. The fraction of sp³-hybridized carbons (Fsp3) is 0.259. The van der Waals surface area contributed by atoms with Crippen LogP contribution in [-0.2, 0) is 17.9 Å². The summed E-state index contributed by atoms with van der Waals surface area (Å²) in [6.07, 6.45) is 0. The Bertz CT molecular complexity index is 1230. The van der Waals surface area contributed by atoms with E-state index in [1.54, 1.807) is 30.1 Å². The molecule has 37 heavy (non-hydrogen) atoms. The standard InChI is InChI=1S/C26H27F4N3O2.CH2O/c1-15(32(2)3)20-8-6-16(26(35)31-13-21-23(29)10-18(27)11-24(21)30)9-25(20)33(4)14-17-5-7-19(34)12-22(17)28;1-2/h5-12,15,34H,13-14H2,1-4H3,(H,31,35);1H2. The van der Waals surface area contributed by atoms with Crippen LogP contribution in [0.1, 0.15) is 40.0 Å². The van der Waals surface area contributed by atoms with Crippen molar-refractivity contribution in [2.24, 2.45) is 0 Å². The summed E-state index contributed by atoms with van der Waals surface area (Å²) in [7, 11) is 5.56. The zero-order valence-corrected chi connectivity index (χ0v) is 21.0. The number of rotatable bonds is 8. The van der Waals surface area contributed by atoms with Crippen LogP contribution in [-0.4, -0.2) is 43.8 Å². The predicted octanol–water partition coefficient (Wildman–Crippen LogP) is 4.95. The summed E-state index contributed by atoms with van der Waals surface area (Å²) in [4.78, 5) is 24.6. The van der Waals surface area contributed by atoms with Crippen molar-refractivity contribution in [1.82, 2.24) is 10.2 Å². The molecule has 1 amide bonds. The molecule has 3 aromatic carbocycles. The van der Waals surface area contributed by atoms with Gasteiger partial charge in [0.1, 0.15) is 35.8 Å². The molecule has 3 aromatic rings. The topological polar surface area (TPSA) is 72.9 Å². The molecular formula is C27H29F4N3O3. The SMILES string of the molecule is C=O.CC(c1ccc(C(=O)NCc2c(F)cc(F)cc2F)cc1N(C)Cc1ccc(O)cc1F)N(C)C. The van der Waals surface area contributed by atoms with E-state index in [4.69, 9.17) is 4.79 Å². The highest BCUT2D eigenvalue weighted by Crippen LogP contribution is 2.31. The van der Waals surface area contributed by atoms with Gasteiger partial charge in [-0.3, -0.25) is 4.79 Å². The second-order valence-electron chi connectivity index (χ2n) is 8.58. The highest BCUT2D eigenvalue weighted by Gasteiger charge is 2.20. The number of carbonyl (C=O) groups is 2. The second kappa shape index (κ2) is 12.9. The van der Waals surface area contributed by atoms with E-state index in [9.17, 15) is 27.5 Å². The van der Waals surface area contributed by atoms with Gasteiger partial charge in [-0.05, 0) is 44.8 Å². The maximum atomic E-state index is 14.3. The fourth-order valence-electron chi connectivity index (χ4n) is 3.66. The Morgan fingerprint density at radius 2 is 1.57 bits per heavy atom. The number of aromatic hydroxyl groups is 1. The molecule has 0 saturated heterocycles. The minimum absolute atomic E-state index is 0.0448. The van der Waals surface area contributed by atoms with Crippen LogP contribution in [0, 0.1) is 23.3 Å². The number of benzene rings is 3. The maximum absolute atomic E-state index is 14.3. The summed E-state index contributed by atoms with van der Waals surface area (Å²) in [5.74, 6) is -4.54. The molecule has 6 nitrogen and oxygen atoms in total. The van der Waals surface area contributed by atoms with Gasteiger partial charge in [0.2, 0.25) is 0 Å². The molecule has 0 radical (unpaired) electrons. The third kappa shape index (κ3) is 7.29. The molecular weight excluding hydrogens is 490 g/mol. The van der Waals surface area contributed by atoms with Crippen LogP contribution in [0.2, 0.25) is 0 Å². The summed E-state index contributed by atoms with van der Waals surface area (Å²) in [5.41, 5.74) is 1.67. The van der Waals surface area contributed by atoms with Crippen molar-refractivity contribution in [1.29, 1.82) is 0 Å². The number of hydrogen-bond donors (Lipinski definition) is 2. The van der Waals surface area contributed by atoms with Crippen molar-refractivity contribution < 1.29 is 32.3 Å². The Morgan fingerprint density at radius 3 is 2.14 bits per heavy atom. The van der Waals surface area contributed by atoms with E-state index in [-0.39, 0.29) is 23.9 Å². The first-order chi connectivity index (χ1) is 17.5. The summed E-state index contributed by atoms with van der Waals surface area (Å²) in [6, 6.07) is 9.97. The molecule has 198 valence electrons. The number of phenolic OH excluding ortho intramolecular Hbond substituents is 1. The van der Waals surface area contributed by atoms with Gasteiger partial charge in [0.25, 0.3) is 5.91 Å². The molecule has 0 spiro atoms. The first-order valence-electron chi connectivity index (χ1n) is 11.2. The summed E-state index contributed by atoms with van der Waals surface area (Å²) >= 11 is 0.